The highest BCUT2D eigenvalue weighted by Gasteiger charge is 2.16. The summed E-state index contributed by atoms with van der Waals surface area (Å²) >= 11 is 0. The zero-order valence-electron chi connectivity index (χ0n) is 9.89. The maximum Gasteiger partial charge on any atom is 0.194 e. The van der Waals surface area contributed by atoms with Crippen molar-refractivity contribution >= 4 is 5.78 Å². The zero-order valence-corrected chi connectivity index (χ0v) is 9.89. The fourth-order valence-electron chi connectivity index (χ4n) is 1.65. The van der Waals surface area contributed by atoms with E-state index in [1.807, 2.05) is 0 Å². The number of benzene rings is 2. The van der Waals surface area contributed by atoms with Gasteiger partial charge in [-0.2, -0.15) is 0 Å². The van der Waals surface area contributed by atoms with Crippen molar-refractivity contribution in [3.63, 3.8) is 0 Å². The van der Waals surface area contributed by atoms with Crippen LogP contribution in [0.3, 0.4) is 0 Å². The number of hydrogen-bond donors (Lipinski definition) is 0. The summed E-state index contributed by atoms with van der Waals surface area (Å²) in [6, 6.07) is 3.93. The molecule has 2 aromatic rings. The van der Waals surface area contributed by atoms with Crippen LogP contribution in [0.15, 0.2) is 30.3 Å². The first-order chi connectivity index (χ1) is 9.38. The summed E-state index contributed by atoms with van der Waals surface area (Å²) in [4.78, 5) is 11.8. The van der Waals surface area contributed by atoms with E-state index in [1.165, 1.54) is 6.07 Å². The highest BCUT2D eigenvalue weighted by molar-refractivity contribution is 5.97. The van der Waals surface area contributed by atoms with E-state index < -0.39 is 34.9 Å². The molecule has 2 rings (SSSR count). The van der Waals surface area contributed by atoms with Crippen LogP contribution in [-0.4, -0.2) is 5.78 Å². The molecule has 0 amide bonds. The van der Waals surface area contributed by atoms with Gasteiger partial charge in [-0.15, -0.1) is 0 Å². The van der Waals surface area contributed by atoms with Gasteiger partial charge in [-0.1, -0.05) is 6.07 Å². The van der Waals surface area contributed by atoms with Gasteiger partial charge in [0, 0.05) is 12.0 Å². The number of hydrogen-bond acceptors (Lipinski definition) is 1. The molecule has 0 radical (unpaired) electrons. The Bertz CT molecular complexity index is 658. The monoisotopic (exact) mass is 286 g/mol. The second-order valence-corrected chi connectivity index (χ2v) is 4.10. The van der Waals surface area contributed by atoms with Gasteiger partial charge < -0.3 is 0 Å². The minimum atomic E-state index is -1.67. The van der Waals surface area contributed by atoms with Crippen LogP contribution in [0.4, 0.5) is 22.0 Å². The molecule has 0 fully saturated rings. The molecule has 0 saturated heterocycles. The molecule has 0 unspecified atom stereocenters. The molecule has 104 valence electrons. The molecule has 6 heteroatoms. The number of halogens is 5. The van der Waals surface area contributed by atoms with Gasteiger partial charge in [0.05, 0.1) is 0 Å². The molecule has 0 heterocycles. The van der Waals surface area contributed by atoms with Gasteiger partial charge in [0.25, 0.3) is 0 Å². The number of rotatable bonds is 3. The van der Waals surface area contributed by atoms with Gasteiger partial charge in [-0.05, 0) is 29.8 Å². The molecule has 0 spiro atoms. The Morgan fingerprint density at radius 2 is 1.40 bits per heavy atom. The topological polar surface area (TPSA) is 17.1 Å². The van der Waals surface area contributed by atoms with Crippen molar-refractivity contribution in [1.29, 1.82) is 0 Å². The maximum absolute atomic E-state index is 13.0. The minimum Gasteiger partial charge on any atom is -0.294 e. The van der Waals surface area contributed by atoms with Gasteiger partial charge in [0.1, 0.15) is 0 Å². The fourth-order valence-corrected chi connectivity index (χ4v) is 1.65. The van der Waals surface area contributed by atoms with Crippen LogP contribution in [0.5, 0.6) is 0 Å². The van der Waals surface area contributed by atoms with Crippen LogP contribution >= 0.6 is 0 Å². The number of ketones is 1. The molecule has 0 aliphatic heterocycles. The van der Waals surface area contributed by atoms with Crippen molar-refractivity contribution in [1.82, 2.24) is 0 Å². The Hall–Kier alpha value is -2.24. The Morgan fingerprint density at radius 3 is 1.95 bits per heavy atom. The largest absolute Gasteiger partial charge is 0.294 e. The SMILES string of the molecule is O=C(Cc1ccc(F)c(F)c1)c1cc(F)c(F)c(F)c1. The van der Waals surface area contributed by atoms with E-state index in [0.29, 0.717) is 12.1 Å². The van der Waals surface area contributed by atoms with Crippen LogP contribution in [-0.2, 0) is 6.42 Å². The lowest BCUT2D eigenvalue weighted by atomic mass is 10.0. The van der Waals surface area contributed by atoms with E-state index in [2.05, 4.69) is 0 Å². The molecule has 0 aromatic heterocycles. The molecule has 1 nitrogen and oxygen atoms in total. The van der Waals surface area contributed by atoms with Gasteiger partial charge in [-0.3, -0.25) is 4.79 Å². The highest BCUT2D eigenvalue weighted by Crippen LogP contribution is 2.16. The molecule has 0 saturated carbocycles. The smallest absolute Gasteiger partial charge is 0.194 e. The molecule has 0 aliphatic rings. The first-order valence-electron chi connectivity index (χ1n) is 5.50. The third-order valence-corrected chi connectivity index (χ3v) is 2.65. The van der Waals surface area contributed by atoms with E-state index in [-0.39, 0.29) is 17.5 Å². The van der Waals surface area contributed by atoms with Crippen molar-refractivity contribution in [3.05, 3.63) is 70.5 Å². The van der Waals surface area contributed by atoms with Gasteiger partial charge in [-0.25, -0.2) is 22.0 Å². The summed E-state index contributed by atoms with van der Waals surface area (Å²) in [7, 11) is 0. The quantitative estimate of drug-likeness (QED) is 0.476. The van der Waals surface area contributed by atoms with Crippen molar-refractivity contribution in [2.24, 2.45) is 0 Å². The minimum absolute atomic E-state index is 0.138. The summed E-state index contributed by atoms with van der Waals surface area (Å²) in [6.45, 7) is 0. The van der Waals surface area contributed by atoms with E-state index >= 15 is 0 Å². The molecular weight excluding hydrogens is 279 g/mol. The average Bonchev–Trinajstić information content (AvgIpc) is 2.39. The number of Topliss-reactive ketones (excluding diaryl/α,β-unsaturated/α-hetero) is 1. The third kappa shape index (κ3) is 2.84. The predicted molar refractivity (Wildman–Crippen MR) is 60.7 cm³/mol. The first-order valence-corrected chi connectivity index (χ1v) is 5.50. The fraction of sp³-hybridized carbons (Fsp3) is 0.0714. The van der Waals surface area contributed by atoms with E-state index in [1.54, 1.807) is 0 Å². The molecule has 0 bridgehead atoms. The van der Waals surface area contributed by atoms with Crippen molar-refractivity contribution in [2.75, 3.05) is 0 Å². The molecule has 20 heavy (non-hydrogen) atoms. The zero-order chi connectivity index (χ0) is 14.9. The number of carbonyl (C=O) groups excluding carboxylic acids is 1. The van der Waals surface area contributed by atoms with Gasteiger partial charge in [0.15, 0.2) is 34.9 Å². The molecule has 2 aromatic carbocycles. The van der Waals surface area contributed by atoms with Crippen LogP contribution in [0.1, 0.15) is 15.9 Å². The Balaban J connectivity index is 2.26. The molecule has 0 aliphatic carbocycles. The van der Waals surface area contributed by atoms with E-state index in [4.69, 9.17) is 0 Å². The number of carbonyl (C=O) groups is 1. The van der Waals surface area contributed by atoms with Crippen LogP contribution < -0.4 is 0 Å². The summed E-state index contributed by atoms with van der Waals surface area (Å²) in [5, 5.41) is 0. The van der Waals surface area contributed by atoms with Gasteiger partial charge in [0.2, 0.25) is 0 Å². The van der Waals surface area contributed by atoms with Crippen LogP contribution in [0.2, 0.25) is 0 Å². The van der Waals surface area contributed by atoms with Crippen molar-refractivity contribution < 1.29 is 26.7 Å². The summed E-state index contributed by atoms with van der Waals surface area (Å²) < 4.78 is 64.4. The van der Waals surface area contributed by atoms with E-state index in [9.17, 15) is 26.7 Å². The first kappa shape index (κ1) is 14.2. The Kier molecular flexibility index (Phi) is 3.83. The Morgan fingerprint density at radius 1 is 0.800 bits per heavy atom. The summed E-state index contributed by atoms with van der Waals surface area (Å²) in [6.07, 6.45) is -0.387. The molecule has 0 N–H and O–H groups in total. The maximum atomic E-state index is 13.0. The van der Waals surface area contributed by atoms with Gasteiger partial charge >= 0.3 is 0 Å². The van der Waals surface area contributed by atoms with Crippen LogP contribution in [0, 0.1) is 29.1 Å². The third-order valence-electron chi connectivity index (χ3n) is 2.65. The summed E-state index contributed by atoms with van der Waals surface area (Å²) in [5.41, 5.74) is -0.245. The van der Waals surface area contributed by atoms with Crippen molar-refractivity contribution in [3.8, 4) is 0 Å². The molecule has 0 atom stereocenters. The summed E-state index contributed by atoms with van der Waals surface area (Å²) in [5.74, 6) is -7.59. The normalized spacial score (nSPS) is 10.7. The Labute approximate surface area is 110 Å². The standard InChI is InChI=1S/C14H7F5O/c15-9-2-1-7(3-10(9)16)4-13(20)8-5-11(17)14(19)12(18)6-8/h1-3,5-6H,4H2. The second kappa shape index (κ2) is 5.40. The van der Waals surface area contributed by atoms with Crippen molar-refractivity contribution in [2.45, 2.75) is 6.42 Å². The lowest BCUT2D eigenvalue weighted by Crippen LogP contribution is -2.06. The van der Waals surface area contributed by atoms with E-state index in [0.717, 1.165) is 12.1 Å². The highest BCUT2D eigenvalue weighted by atomic mass is 19.2. The predicted octanol–water partition coefficient (Wildman–Crippen LogP) is 3.81. The second-order valence-electron chi connectivity index (χ2n) is 4.10. The van der Waals surface area contributed by atoms with Crippen LogP contribution in [0.25, 0.3) is 0 Å². The molecular formula is C14H7F5O. The lowest BCUT2D eigenvalue weighted by Gasteiger charge is -2.04. The average molecular weight is 286 g/mol. The lowest BCUT2D eigenvalue weighted by molar-refractivity contribution is 0.0991.